The lowest BCUT2D eigenvalue weighted by molar-refractivity contribution is -0.148. The number of carbonyl (C=O) groups is 2. The standard InChI is InChI=1S/C17H23N3O3/c1-10-13(9-18-20(10)2)6-7-14(21)19-16-12-5-4-11(8-12)15(16)17(22)23-3/h6-7,9,11-12,15-16H,4-5,8H2,1-3H3,(H,19,21)/b7-6+/t11-,12+,15+,16+/m1/s1. The van der Waals surface area contributed by atoms with Crippen LogP contribution in [0.4, 0.5) is 0 Å². The fourth-order valence-corrected chi connectivity index (χ4v) is 4.03. The number of methoxy groups -OCH3 is 1. The SMILES string of the molecule is COC(=O)[C@H]1[C@@H]2CC[C@@H](C2)[C@@H]1NC(=O)/C=C/c1cnn(C)c1C. The minimum Gasteiger partial charge on any atom is -0.469 e. The maximum atomic E-state index is 12.2. The number of nitrogens with zero attached hydrogens (tertiary/aromatic N) is 2. The van der Waals surface area contributed by atoms with E-state index in [1.807, 2.05) is 14.0 Å². The molecule has 0 unspecified atom stereocenters. The van der Waals surface area contributed by atoms with E-state index in [1.165, 1.54) is 13.2 Å². The summed E-state index contributed by atoms with van der Waals surface area (Å²) in [5.74, 6) is 0.175. The van der Waals surface area contributed by atoms with Crippen LogP contribution in [0.3, 0.4) is 0 Å². The summed E-state index contributed by atoms with van der Waals surface area (Å²) in [6, 6.07) is -0.103. The first-order chi connectivity index (χ1) is 11.0. The van der Waals surface area contributed by atoms with Gasteiger partial charge in [-0.15, -0.1) is 0 Å². The number of ether oxygens (including phenoxy) is 1. The van der Waals surface area contributed by atoms with Crippen molar-refractivity contribution < 1.29 is 14.3 Å². The van der Waals surface area contributed by atoms with E-state index < -0.39 is 0 Å². The van der Waals surface area contributed by atoms with Gasteiger partial charge >= 0.3 is 5.97 Å². The van der Waals surface area contributed by atoms with E-state index in [9.17, 15) is 9.59 Å². The normalized spacial score (nSPS) is 29.2. The minimum atomic E-state index is -0.199. The zero-order chi connectivity index (χ0) is 16.6. The van der Waals surface area contributed by atoms with Crippen LogP contribution in [0.15, 0.2) is 12.3 Å². The Morgan fingerprint density at radius 3 is 2.78 bits per heavy atom. The average molecular weight is 317 g/mol. The van der Waals surface area contributed by atoms with Gasteiger partial charge in [0.05, 0.1) is 19.2 Å². The Balaban J connectivity index is 1.67. The van der Waals surface area contributed by atoms with Crippen molar-refractivity contribution in [2.24, 2.45) is 24.8 Å². The summed E-state index contributed by atoms with van der Waals surface area (Å²) in [6.07, 6.45) is 8.16. The topological polar surface area (TPSA) is 73.2 Å². The smallest absolute Gasteiger partial charge is 0.311 e. The molecule has 1 aromatic rings. The molecule has 0 aromatic carbocycles. The molecule has 0 saturated heterocycles. The second-order valence-corrected chi connectivity index (χ2v) is 6.56. The summed E-state index contributed by atoms with van der Waals surface area (Å²) < 4.78 is 6.69. The average Bonchev–Trinajstić information content (AvgIpc) is 3.22. The predicted molar refractivity (Wildman–Crippen MR) is 85.2 cm³/mol. The van der Waals surface area contributed by atoms with E-state index in [4.69, 9.17) is 4.74 Å². The second kappa shape index (κ2) is 6.18. The third-order valence-corrected chi connectivity index (χ3v) is 5.39. The molecule has 6 nitrogen and oxygen atoms in total. The van der Waals surface area contributed by atoms with Crippen LogP contribution in [0, 0.1) is 24.7 Å². The monoisotopic (exact) mass is 317 g/mol. The van der Waals surface area contributed by atoms with Crippen molar-refractivity contribution in [3.8, 4) is 0 Å². The maximum absolute atomic E-state index is 12.2. The number of fused-ring (bicyclic) bond motifs is 2. The Hall–Kier alpha value is -2.11. The van der Waals surface area contributed by atoms with Gasteiger partial charge in [-0.2, -0.15) is 5.10 Å². The van der Waals surface area contributed by atoms with E-state index in [0.717, 1.165) is 30.5 Å². The number of esters is 1. The van der Waals surface area contributed by atoms with Crippen molar-refractivity contribution >= 4 is 18.0 Å². The molecule has 0 aliphatic heterocycles. The first-order valence-corrected chi connectivity index (χ1v) is 8.06. The van der Waals surface area contributed by atoms with E-state index in [1.54, 1.807) is 17.0 Å². The van der Waals surface area contributed by atoms with Gasteiger partial charge in [0.2, 0.25) is 5.91 Å². The number of rotatable bonds is 4. The lowest BCUT2D eigenvalue weighted by atomic mass is 9.84. The van der Waals surface area contributed by atoms with E-state index in [2.05, 4.69) is 10.4 Å². The van der Waals surface area contributed by atoms with Gasteiger partial charge in [-0.25, -0.2) is 0 Å². The maximum Gasteiger partial charge on any atom is 0.311 e. The number of hydrogen-bond acceptors (Lipinski definition) is 4. The summed E-state index contributed by atoms with van der Waals surface area (Å²) in [5, 5.41) is 7.17. The van der Waals surface area contributed by atoms with Crippen molar-refractivity contribution in [1.82, 2.24) is 15.1 Å². The molecule has 124 valence electrons. The van der Waals surface area contributed by atoms with Gasteiger partial charge in [-0.1, -0.05) is 0 Å². The van der Waals surface area contributed by atoms with Gasteiger partial charge in [0.25, 0.3) is 0 Å². The molecule has 2 aliphatic carbocycles. The summed E-state index contributed by atoms with van der Waals surface area (Å²) in [7, 11) is 3.28. The second-order valence-electron chi connectivity index (χ2n) is 6.56. The Kier molecular flexibility index (Phi) is 4.24. The molecule has 2 aliphatic rings. The van der Waals surface area contributed by atoms with E-state index in [0.29, 0.717) is 11.8 Å². The van der Waals surface area contributed by atoms with Gasteiger partial charge in [0, 0.05) is 30.4 Å². The van der Waals surface area contributed by atoms with Crippen molar-refractivity contribution in [2.45, 2.75) is 32.2 Å². The van der Waals surface area contributed by atoms with Crippen molar-refractivity contribution in [2.75, 3.05) is 7.11 Å². The van der Waals surface area contributed by atoms with Gasteiger partial charge < -0.3 is 10.1 Å². The predicted octanol–water partition coefficient (Wildman–Crippen LogP) is 1.45. The number of carbonyl (C=O) groups excluding carboxylic acids is 2. The zero-order valence-corrected chi connectivity index (χ0v) is 13.8. The van der Waals surface area contributed by atoms with Crippen LogP contribution in [-0.2, 0) is 21.4 Å². The summed E-state index contributed by atoms with van der Waals surface area (Å²) in [5.41, 5.74) is 1.92. The highest BCUT2D eigenvalue weighted by Gasteiger charge is 2.51. The molecule has 1 N–H and O–H groups in total. The molecule has 1 aromatic heterocycles. The third-order valence-electron chi connectivity index (χ3n) is 5.39. The van der Waals surface area contributed by atoms with Crippen molar-refractivity contribution in [3.63, 3.8) is 0 Å². The van der Waals surface area contributed by atoms with Gasteiger partial charge in [0.15, 0.2) is 0 Å². The number of aromatic nitrogens is 2. The van der Waals surface area contributed by atoms with E-state index >= 15 is 0 Å². The summed E-state index contributed by atoms with van der Waals surface area (Å²) in [4.78, 5) is 24.3. The summed E-state index contributed by atoms with van der Waals surface area (Å²) in [6.45, 7) is 1.95. The molecule has 2 saturated carbocycles. The Bertz CT molecular complexity index is 650. The van der Waals surface area contributed by atoms with Crippen LogP contribution in [0.1, 0.15) is 30.5 Å². The first-order valence-electron chi connectivity index (χ1n) is 8.06. The molecule has 1 amide bonds. The molecule has 2 fully saturated rings. The number of amides is 1. The van der Waals surface area contributed by atoms with Crippen LogP contribution < -0.4 is 5.32 Å². The van der Waals surface area contributed by atoms with Gasteiger partial charge in [-0.3, -0.25) is 14.3 Å². The Labute approximate surface area is 135 Å². The lowest BCUT2D eigenvalue weighted by Gasteiger charge is -2.29. The lowest BCUT2D eigenvalue weighted by Crippen LogP contribution is -2.46. The molecular weight excluding hydrogens is 294 g/mol. The molecule has 23 heavy (non-hydrogen) atoms. The van der Waals surface area contributed by atoms with E-state index in [-0.39, 0.29) is 23.8 Å². The van der Waals surface area contributed by atoms with Crippen LogP contribution >= 0.6 is 0 Å². The quantitative estimate of drug-likeness (QED) is 0.674. The molecule has 0 radical (unpaired) electrons. The van der Waals surface area contributed by atoms with Gasteiger partial charge in [-0.05, 0) is 44.1 Å². The molecule has 3 rings (SSSR count). The molecule has 4 atom stereocenters. The molecule has 6 heteroatoms. The molecule has 1 heterocycles. The highest BCUT2D eigenvalue weighted by atomic mass is 16.5. The zero-order valence-electron chi connectivity index (χ0n) is 13.8. The molecule has 2 bridgehead atoms. The van der Waals surface area contributed by atoms with Crippen molar-refractivity contribution in [1.29, 1.82) is 0 Å². The highest BCUT2D eigenvalue weighted by Crippen LogP contribution is 2.48. The van der Waals surface area contributed by atoms with Crippen LogP contribution in [0.5, 0.6) is 0 Å². The fraction of sp³-hybridized carbons (Fsp3) is 0.588. The first kappa shape index (κ1) is 15.8. The molecular formula is C17H23N3O3. The summed E-state index contributed by atoms with van der Waals surface area (Å²) >= 11 is 0. The Morgan fingerprint density at radius 2 is 2.13 bits per heavy atom. The largest absolute Gasteiger partial charge is 0.469 e. The van der Waals surface area contributed by atoms with Crippen molar-refractivity contribution in [3.05, 3.63) is 23.5 Å². The minimum absolute atomic E-state index is 0.103. The number of nitrogens with one attached hydrogen (secondary N) is 1. The number of aryl methyl sites for hydroxylation is 1. The molecule has 0 spiro atoms. The van der Waals surface area contributed by atoms with Crippen LogP contribution in [-0.4, -0.2) is 34.8 Å². The highest BCUT2D eigenvalue weighted by molar-refractivity contribution is 5.92. The number of hydrogen-bond donors (Lipinski definition) is 1. The van der Waals surface area contributed by atoms with Gasteiger partial charge in [0.1, 0.15) is 0 Å². The van der Waals surface area contributed by atoms with Crippen LogP contribution in [0.2, 0.25) is 0 Å². The van der Waals surface area contributed by atoms with Crippen LogP contribution in [0.25, 0.3) is 6.08 Å². The Morgan fingerprint density at radius 1 is 1.39 bits per heavy atom. The fourth-order valence-electron chi connectivity index (χ4n) is 4.03. The third kappa shape index (κ3) is 2.90.